The SMILES string of the molecule is O=C(NS(=O)(=O)N1CCC1)c1cc(C2CC2)c(CN2CCO[C@H](Cc3cc(Cl)cc(Cl)c3)C2)cc1F.O=C(O)C(F)(F)F. The zero-order chi connectivity index (χ0) is 31.5. The van der Waals surface area contributed by atoms with Gasteiger partial charge in [-0.15, -0.1) is 0 Å². The van der Waals surface area contributed by atoms with Crippen LogP contribution in [-0.2, 0) is 32.7 Å². The second-order valence-corrected chi connectivity index (χ2v) is 13.1. The number of amides is 1. The minimum Gasteiger partial charge on any atom is -0.475 e. The Morgan fingerprint density at radius 3 is 2.21 bits per heavy atom. The van der Waals surface area contributed by atoms with Gasteiger partial charge in [-0.1, -0.05) is 23.2 Å². The van der Waals surface area contributed by atoms with Gasteiger partial charge < -0.3 is 9.84 Å². The third kappa shape index (κ3) is 9.25. The third-order valence-corrected chi connectivity index (χ3v) is 9.04. The maximum absolute atomic E-state index is 15.1. The van der Waals surface area contributed by atoms with Crippen molar-refractivity contribution in [1.82, 2.24) is 13.9 Å². The van der Waals surface area contributed by atoms with Crippen LogP contribution < -0.4 is 4.72 Å². The molecule has 236 valence electrons. The zero-order valence-electron chi connectivity index (χ0n) is 22.7. The summed E-state index contributed by atoms with van der Waals surface area (Å²) in [7, 11) is -3.95. The lowest BCUT2D eigenvalue weighted by atomic mass is 9.98. The van der Waals surface area contributed by atoms with E-state index in [0.29, 0.717) is 55.8 Å². The molecular weight excluding hydrogens is 641 g/mol. The molecule has 3 fully saturated rings. The Kier molecular flexibility index (Phi) is 10.6. The maximum Gasteiger partial charge on any atom is 0.490 e. The fraction of sp³-hybridized carbons (Fsp3) is 0.481. The number of hydrogen-bond donors (Lipinski definition) is 2. The van der Waals surface area contributed by atoms with Crippen LogP contribution in [0.1, 0.15) is 52.2 Å². The van der Waals surface area contributed by atoms with Gasteiger partial charge >= 0.3 is 22.4 Å². The van der Waals surface area contributed by atoms with E-state index in [4.69, 9.17) is 37.8 Å². The number of nitrogens with zero attached hydrogens (tertiary/aromatic N) is 2. The number of carboxylic acids is 1. The van der Waals surface area contributed by atoms with Gasteiger partial charge in [0.2, 0.25) is 0 Å². The highest BCUT2D eigenvalue weighted by atomic mass is 35.5. The first-order valence-electron chi connectivity index (χ1n) is 13.4. The molecule has 3 aliphatic rings. The largest absolute Gasteiger partial charge is 0.490 e. The second kappa shape index (κ2) is 13.7. The van der Waals surface area contributed by atoms with Gasteiger partial charge in [-0.3, -0.25) is 9.69 Å². The first kappa shape index (κ1) is 33.4. The van der Waals surface area contributed by atoms with E-state index in [2.05, 4.69) is 4.90 Å². The fourth-order valence-electron chi connectivity index (χ4n) is 4.76. The molecule has 43 heavy (non-hydrogen) atoms. The van der Waals surface area contributed by atoms with Crippen LogP contribution in [0.15, 0.2) is 30.3 Å². The first-order valence-corrected chi connectivity index (χ1v) is 15.6. The summed E-state index contributed by atoms with van der Waals surface area (Å²) in [4.78, 5) is 23.8. The average Bonchev–Trinajstić information content (AvgIpc) is 3.67. The number of alkyl halides is 3. The minimum absolute atomic E-state index is 0.0562. The highest BCUT2D eigenvalue weighted by Gasteiger charge is 2.38. The molecule has 1 atom stereocenters. The van der Waals surface area contributed by atoms with Gasteiger partial charge in [0.15, 0.2) is 0 Å². The molecule has 9 nitrogen and oxygen atoms in total. The number of rotatable bonds is 8. The van der Waals surface area contributed by atoms with Crippen molar-refractivity contribution in [1.29, 1.82) is 0 Å². The van der Waals surface area contributed by atoms with Crippen molar-refractivity contribution in [3.63, 3.8) is 0 Å². The topological polar surface area (TPSA) is 116 Å². The Hall–Kier alpha value is -2.49. The van der Waals surface area contributed by atoms with E-state index < -0.39 is 34.1 Å². The minimum atomic E-state index is -5.08. The number of carboxylic acid groups (broad SMARTS) is 1. The van der Waals surface area contributed by atoms with Gasteiger partial charge in [-0.05, 0) is 78.6 Å². The summed E-state index contributed by atoms with van der Waals surface area (Å²) in [5.41, 5.74) is 2.49. The molecule has 1 aliphatic carbocycles. The molecule has 2 aromatic carbocycles. The smallest absolute Gasteiger partial charge is 0.475 e. The number of halogens is 6. The summed E-state index contributed by atoms with van der Waals surface area (Å²) in [5, 5.41) is 8.29. The number of aliphatic carboxylic acids is 1. The summed E-state index contributed by atoms with van der Waals surface area (Å²) in [6, 6.07) is 8.37. The van der Waals surface area contributed by atoms with Crippen LogP contribution in [0.3, 0.4) is 0 Å². The van der Waals surface area contributed by atoms with E-state index in [1.807, 2.05) is 16.9 Å². The molecule has 1 amide bonds. The number of hydrogen-bond acceptors (Lipinski definition) is 6. The summed E-state index contributed by atoms with van der Waals surface area (Å²) >= 11 is 12.3. The predicted octanol–water partition coefficient (Wildman–Crippen LogP) is 4.77. The average molecular weight is 671 g/mol. The second-order valence-electron chi connectivity index (χ2n) is 10.5. The zero-order valence-corrected chi connectivity index (χ0v) is 25.0. The predicted molar refractivity (Wildman–Crippen MR) is 150 cm³/mol. The molecule has 0 radical (unpaired) electrons. The molecular formula is C27H29Cl2F4N3O6S. The van der Waals surface area contributed by atoms with Crippen LogP contribution in [0.2, 0.25) is 10.0 Å². The summed E-state index contributed by atoms with van der Waals surface area (Å²) in [6.07, 6.45) is -1.80. The van der Waals surface area contributed by atoms with Gasteiger partial charge in [0.05, 0.1) is 18.3 Å². The van der Waals surface area contributed by atoms with Gasteiger partial charge in [0, 0.05) is 42.8 Å². The van der Waals surface area contributed by atoms with Crippen molar-refractivity contribution in [3.05, 3.63) is 68.4 Å². The van der Waals surface area contributed by atoms with E-state index in [1.54, 1.807) is 6.07 Å². The lowest BCUT2D eigenvalue weighted by molar-refractivity contribution is -0.192. The van der Waals surface area contributed by atoms with Gasteiger partial charge in [0.1, 0.15) is 5.82 Å². The van der Waals surface area contributed by atoms with Crippen LogP contribution in [0.5, 0.6) is 0 Å². The fourth-order valence-corrected chi connectivity index (χ4v) is 6.54. The molecule has 1 saturated carbocycles. The van der Waals surface area contributed by atoms with Crippen LogP contribution in [0.25, 0.3) is 0 Å². The van der Waals surface area contributed by atoms with Gasteiger partial charge in [-0.25, -0.2) is 13.9 Å². The quantitative estimate of drug-likeness (QED) is 0.389. The molecule has 0 aromatic heterocycles. The molecule has 2 heterocycles. The van der Waals surface area contributed by atoms with Crippen LogP contribution in [0.4, 0.5) is 17.6 Å². The molecule has 16 heteroatoms. The molecule has 2 saturated heterocycles. The van der Waals surface area contributed by atoms with Gasteiger partial charge in [0.25, 0.3) is 5.91 Å². The lowest BCUT2D eigenvalue weighted by Crippen LogP contribution is -2.49. The van der Waals surface area contributed by atoms with E-state index in [0.717, 1.165) is 36.0 Å². The number of carbonyl (C=O) groups is 2. The Bertz CT molecular complexity index is 1450. The van der Waals surface area contributed by atoms with Crippen molar-refractivity contribution < 1.29 is 45.4 Å². The van der Waals surface area contributed by atoms with E-state index >= 15 is 4.39 Å². The highest BCUT2D eigenvalue weighted by molar-refractivity contribution is 7.87. The van der Waals surface area contributed by atoms with Crippen molar-refractivity contribution in [2.45, 2.75) is 50.4 Å². The Labute approximate surface area is 255 Å². The van der Waals surface area contributed by atoms with Crippen molar-refractivity contribution in [2.24, 2.45) is 0 Å². The monoisotopic (exact) mass is 669 g/mol. The maximum atomic E-state index is 15.1. The third-order valence-electron chi connectivity index (χ3n) is 7.11. The number of nitrogens with one attached hydrogen (secondary N) is 1. The summed E-state index contributed by atoms with van der Waals surface area (Å²) in [5.74, 6) is -4.15. The Morgan fingerprint density at radius 1 is 1.05 bits per heavy atom. The van der Waals surface area contributed by atoms with Crippen LogP contribution in [0, 0.1) is 5.82 Å². The van der Waals surface area contributed by atoms with Gasteiger partial charge in [-0.2, -0.15) is 25.9 Å². The lowest BCUT2D eigenvalue weighted by Gasteiger charge is -2.33. The molecule has 2 aromatic rings. The number of carbonyl (C=O) groups excluding carboxylic acids is 1. The Morgan fingerprint density at radius 2 is 1.67 bits per heavy atom. The molecule has 2 N–H and O–H groups in total. The standard InChI is InChI=1S/C25H28Cl2FN3O4S.C2HF3O2/c26-19-8-16(9-20(27)12-19)10-21-15-30(6-7-35-21)14-18-11-24(28)23(13-22(18)17-2-3-17)25(32)29-36(33,34)31-4-1-5-31;3-2(4,5)1(6)7/h8-9,11-13,17,21H,1-7,10,14-15H2,(H,29,32);(H,6,7)/t21-;/m1./s1. The molecule has 2 aliphatic heterocycles. The van der Waals surface area contributed by atoms with E-state index in [9.17, 15) is 26.4 Å². The Balaban J connectivity index is 0.000000541. The number of morpholine rings is 1. The van der Waals surface area contributed by atoms with Crippen molar-refractivity contribution in [2.75, 3.05) is 32.8 Å². The molecule has 0 bridgehead atoms. The number of ether oxygens (including phenoxy) is 1. The molecule has 5 rings (SSSR count). The first-order chi connectivity index (χ1) is 20.1. The summed E-state index contributed by atoms with van der Waals surface area (Å²) < 4.78 is 80.6. The highest BCUT2D eigenvalue weighted by Crippen LogP contribution is 2.43. The van der Waals surface area contributed by atoms with E-state index in [1.165, 1.54) is 16.4 Å². The van der Waals surface area contributed by atoms with Crippen LogP contribution in [-0.4, -0.2) is 79.7 Å². The van der Waals surface area contributed by atoms with Crippen molar-refractivity contribution >= 4 is 45.3 Å². The molecule has 0 unspecified atom stereocenters. The summed E-state index contributed by atoms with van der Waals surface area (Å²) in [6.45, 7) is 3.16. The normalized spacial score (nSPS) is 19.6. The van der Waals surface area contributed by atoms with Crippen molar-refractivity contribution in [3.8, 4) is 0 Å². The number of benzene rings is 2. The van der Waals surface area contributed by atoms with Crippen LogP contribution >= 0.6 is 23.2 Å². The van der Waals surface area contributed by atoms with E-state index in [-0.39, 0.29) is 17.6 Å². The molecule has 0 spiro atoms.